The second-order valence-corrected chi connectivity index (χ2v) is 5.59. The summed E-state index contributed by atoms with van der Waals surface area (Å²) < 4.78 is 0. The first-order valence-corrected chi connectivity index (χ1v) is 7.86. The van der Waals surface area contributed by atoms with Gasteiger partial charge in [-0.15, -0.1) is 11.3 Å². The molecule has 0 saturated heterocycles. The molecule has 2 nitrogen and oxygen atoms in total. The Morgan fingerprint density at radius 3 is 2.15 bits per heavy atom. The van der Waals surface area contributed by atoms with Crippen LogP contribution in [0.5, 0.6) is 0 Å². The lowest BCUT2D eigenvalue weighted by Crippen LogP contribution is -2.26. The van der Waals surface area contributed by atoms with E-state index >= 15 is 0 Å². The van der Waals surface area contributed by atoms with E-state index in [0.717, 1.165) is 12.1 Å². The zero-order valence-electron chi connectivity index (χ0n) is 12.9. The number of rotatable bonds is 3. The van der Waals surface area contributed by atoms with E-state index in [9.17, 15) is 4.79 Å². The van der Waals surface area contributed by atoms with Crippen LogP contribution in [-0.2, 0) is 0 Å². The lowest BCUT2D eigenvalue weighted by atomic mass is 10.1. The molecule has 0 fully saturated rings. The summed E-state index contributed by atoms with van der Waals surface area (Å²) in [6.45, 7) is 8.80. The molecule has 20 heavy (non-hydrogen) atoms. The largest absolute Gasteiger partial charge is 0.342 e. The van der Waals surface area contributed by atoms with Crippen molar-refractivity contribution in [3.05, 3.63) is 46.8 Å². The molecule has 0 unspecified atom stereocenters. The van der Waals surface area contributed by atoms with Gasteiger partial charge >= 0.3 is 0 Å². The van der Waals surface area contributed by atoms with Gasteiger partial charge in [-0.05, 0) is 43.7 Å². The SMILES string of the molecule is CC.CCN(C)C(=O)c1ccc(-c2ccc(C)s2)cc1. The first-order valence-electron chi connectivity index (χ1n) is 7.04. The number of thiophene rings is 1. The highest BCUT2D eigenvalue weighted by Crippen LogP contribution is 2.27. The summed E-state index contributed by atoms with van der Waals surface area (Å²) in [5.41, 5.74) is 1.92. The number of hydrogen-bond acceptors (Lipinski definition) is 2. The highest BCUT2D eigenvalue weighted by atomic mass is 32.1. The predicted molar refractivity (Wildman–Crippen MR) is 88.5 cm³/mol. The van der Waals surface area contributed by atoms with E-state index in [4.69, 9.17) is 0 Å². The zero-order valence-corrected chi connectivity index (χ0v) is 13.8. The Labute approximate surface area is 126 Å². The van der Waals surface area contributed by atoms with Crippen LogP contribution < -0.4 is 0 Å². The molecule has 1 heterocycles. The number of benzene rings is 1. The summed E-state index contributed by atoms with van der Waals surface area (Å²) in [5.74, 6) is 0.0754. The third kappa shape index (κ3) is 3.94. The van der Waals surface area contributed by atoms with Crippen molar-refractivity contribution in [2.45, 2.75) is 27.7 Å². The number of hydrogen-bond donors (Lipinski definition) is 0. The number of aryl methyl sites for hydroxylation is 1. The summed E-state index contributed by atoms with van der Waals surface area (Å²) in [5, 5.41) is 0. The van der Waals surface area contributed by atoms with Crippen LogP contribution in [0.3, 0.4) is 0 Å². The van der Waals surface area contributed by atoms with Crippen LogP contribution in [0.15, 0.2) is 36.4 Å². The van der Waals surface area contributed by atoms with Gasteiger partial charge in [0.25, 0.3) is 5.91 Å². The first-order chi connectivity index (χ1) is 9.61. The highest BCUT2D eigenvalue weighted by Gasteiger charge is 2.10. The number of amides is 1. The normalized spacial score (nSPS) is 9.65. The Kier molecular flexibility index (Phi) is 6.46. The van der Waals surface area contributed by atoms with E-state index in [0.29, 0.717) is 0 Å². The molecule has 0 spiro atoms. The highest BCUT2D eigenvalue weighted by molar-refractivity contribution is 7.15. The molecule has 0 radical (unpaired) electrons. The summed E-state index contributed by atoms with van der Waals surface area (Å²) >= 11 is 1.77. The third-order valence-corrected chi connectivity index (χ3v) is 4.03. The maximum absolute atomic E-state index is 12.0. The second-order valence-electron chi connectivity index (χ2n) is 4.31. The molecule has 0 N–H and O–H groups in total. The van der Waals surface area contributed by atoms with E-state index in [-0.39, 0.29) is 5.91 Å². The van der Waals surface area contributed by atoms with E-state index < -0.39 is 0 Å². The Balaban J connectivity index is 0.000000956. The van der Waals surface area contributed by atoms with Gasteiger partial charge in [0.2, 0.25) is 0 Å². The average molecular weight is 289 g/mol. The Morgan fingerprint density at radius 1 is 1.10 bits per heavy atom. The minimum atomic E-state index is 0.0754. The monoisotopic (exact) mass is 289 g/mol. The zero-order chi connectivity index (χ0) is 15.1. The number of carbonyl (C=O) groups is 1. The number of nitrogens with zero attached hydrogens (tertiary/aromatic N) is 1. The maximum Gasteiger partial charge on any atom is 0.253 e. The molecule has 1 amide bonds. The van der Waals surface area contributed by atoms with Crippen molar-refractivity contribution in [1.29, 1.82) is 0 Å². The Morgan fingerprint density at radius 2 is 1.70 bits per heavy atom. The van der Waals surface area contributed by atoms with Gasteiger partial charge in [0.15, 0.2) is 0 Å². The molecule has 2 aromatic rings. The smallest absolute Gasteiger partial charge is 0.253 e. The van der Waals surface area contributed by atoms with Crippen LogP contribution in [0.2, 0.25) is 0 Å². The van der Waals surface area contributed by atoms with Gasteiger partial charge in [-0.25, -0.2) is 0 Å². The predicted octanol–water partition coefficient (Wildman–Crippen LogP) is 4.84. The van der Waals surface area contributed by atoms with E-state index in [1.807, 2.05) is 52.1 Å². The van der Waals surface area contributed by atoms with Gasteiger partial charge in [-0.2, -0.15) is 0 Å². The molecule has 0 saturated carbocycles. The second kappa shape index (κ2) is 7.85. The van der Waals surface area contributed by atoms with E-state index in [2.05, 4.69) is 19.1 Å². The lowest BCUT2D eigenvalue weighted by molar-refractivity contribution is 0.0802. The van der Waals surface area contributed by atoms with Gasteiger partial charge in [-0.1, -0.05) is 26.0 Å². The summed E-state index contributed by atoms with van der Waals surface area (Å²) in [7, 11) is 1.82. The van der Waals surface area contributed by atoms with Gasteiger partial charge < -0.3 is 4.90 Å². The average Bonchev–Trinajstić information content (AvgIpc) is 2.94. The van der Waals surface area contributed by atoms with Gasteiger partial charge in [0, 0.05) is 28.9 Å². The summed E-state index contributed by atoms with van der Waals surface area (Å²) in [6, 6.07) is 12.1. The van der Waals surface area contributed by atoms with Crippen molar-refractivity contribution < 1.29 is 4.79 Å². The molecule has 0 atom stereocenters. The minimum absolute atomic E-state index is 0.0754. The quantitative estimate of drug-likeness (QED) is 0.791. The van der Waals surface area contributed by atoms with Crippen molar-refractivity contribution in [1.82, 2.24) is 4.90 Å². The fraction of sp³-hybridized carbons (Fsp3) is 0.353. The van der Waals surface area contributed by atoms with Gasteiger partial charge in [0.05, 0.1) is 0 Å². The van der Waals surface area contributed by atoms with Crippen molar-refractivity contribution in [3.8, 4) is 10.4 Å². The van der Waals surface area contributed by atoms with Crippen LogP contribution in [0.4, 0.5) is 0 Å². The maximum atomic E-state index is 12.0. The molecular formula is C17H23NOS. The van der Waals surface area contributed by atoms with Crippen LogP contribution in [0.25, 0.3) is 10.4 Å². The topological polar surface area (TPSA) is 20.3 Å². The van der Waals surface area contributed by atoms with Gasteiger partial charge in [-0.3, -0.25) is 4.79 Å². The van der Waals surface area contributed by atoms with Crippen LogP contribution in [0.1, 0.15) is 36.0 Å². The Bertz CT molecular complexity index is 542. The summed E-state index contributed by atoms with van der Waals surface area (Å²) in [4.78, 5) is 16.2. The Hall–Kier alpha value is -1.61. The van der Waals surface area contributed by atoms with Gasteiger partial charge in [0.1, 0.15) is 0 Å². The molecule has 0 aliphatic carbocycles. The van der Waals surface area contributed by atoms with E-state index in [1.165, 1.54) is 15.3 Å². The molecule has 1 aromatic carbocycles. The molecule has 0 bridgehead atoms. The molecular weight excluding hydrogens is 266 g/mol. The molecule has 3 heteroatoms. The molecule has 1 aromatic heterocycles. The molecule has 108 valence electrons. The summed E-state index contributed by atoms with van der Waals surface area (Å²) in [6.07, 6.45) is 0. The van der Waals surface area contributed by atoms with E-state index in [1.54, 1.807) is 16.2 Å². The number of carbonyl (C=O) groups excluding carboxylic acids is 1. The fourth-order valence-electron chi connectivity index (χ4n) is 1.73. The minimum Gasteiger partial charge on any atom is -0.342 e. The molecule has 2 rings (SSSR count). The fourth-order valence-corrected chi connectivity index (χ4v) is 2.60. The van der Waals surface area contributed by atoms with Crippen molar-refractivity contribution in [2.24, 2.45) is 0 Å². The first kappa shape index (κ1) is 16.4. The van der Waals surface area contributed by atoms with Crippen LogP contribution in [-0.4, -0.2) is 24.4 Å². The van der Waals surface area contributed by atoms with Crippen LogP contribution in [0, 0.1) is 6.92 Å². The van der Waals surface area contributed by atoms with Crippen molar-refractivity contribution >= 4 is 17.2 Å². The van der Waals surface area contributed by atoms with Crippen molar-refractivity contribution in [3.63, 3.8) is 0 Å². The standard InChI is InChI=1S/C15H17NOS.C2H6/c1-4-16(3)15(17)13-8-6-12(7-9-13)14-10-5-11(2)18-14;1-2/h5-10H,4H2,1-3H3;1-2H3. The van der Waals surface area contributed by atoms with Crippen LogP contribution >= 0.6 is 11.3 Å². The lowest BCUT2D eigenvalue weighted by Gasteiger charge is -2.14. The third-order valence-electron chi connectivity index (χ3n) is 2.98. The van der Waals surface area contributed by atoms with Crippen molar-refractivity contribution in [2.75, 3.05) is 13.6 Å². The molecule has 0 aliphatic rings. The molecule has 0 aliphatic heterocycles.